The number of benzene rings is 1. The molecule has 0 bridgehead atoms. The highest BCUT2D eigenvalue weighted by atomic mass is 32.1. The van der Waals surface area contributed by atoms with Crippen molar-refractivity contribution in [3.8, 4) is 0 Å². The Hall–Kier alpha value is -1.62. The van der Waals surface area contributed by atoms with Crippen LogP contribution in [-0.2, 0) is 0 Å². The summed E-state index contributed by atoms with van der Waals surface area (Å²) in [7, 11) is 3.91. The van der Waals surface area contributed by atoms with Gasteiger partial charge in [0.1, 0.15) is 0 Å². The first kappa shape index (κ1) is 14.4. The number of thiocarbonyl (C=S) groups is 1. The fraction of sp³-hybridized carbons (Fsp3) is 0.385. The number of nitrogens with zero attached hydrogens (tertiary/aromatic N) is 1. The van der Waals surface area contributed by atoms with Crippen molar-refractivity contribution in [3.05, 3.63) is 29.8 Å². The van der Waals surface area contributed by atoms with Gasteiger partial charge in [0, 0.05) is 25.3 Å². The SMILES string of the molecule is CCC(NC(=O)c1ccc(N(C)C)cc1)C(N)=S. The van der Waals surface area contributed by atoms with E-state index in [2.05, 4.69) is 5.32 Å². The smallest absolute Gasteiger partial charge is 0.251 e. The average Bonchev–Trinajstić information content (AvgIpc) is 2.35. The van der Waals surface area contributed by atoms with Crippen LogP contribution >= 0.6 is 12.2 Å². The van der Waals surface area contributed by atoms with Gasteiger partial charge in [0.25, 0.3) is 5.91 Å². The van der Waals surface area contributed by atoms with Crippen LogP contribution in [0.5, 0.6) is 0 Å². The van der Waals surface area contributed by atoms with Gasteiger partial charge in [0.05, 0.1) is 11.0 Å². The predicted molar refractivity (Wildman–Crippen MR) is 79.1 cm³/mol. The number of nitrogens with one attached hydrogen (secondary N) is 1. The summed E-state index contributed by atoms with van der Waals surface area (Å²) < 4.78 is 0. The number of amides is 1. The molecular formula is C13H19N3OS. The topological polar surface area (TPSA) is 58.4 Å². The van der Waals surface area contributed by atoms with Gasteiger partial charge in [-0.15, -0.1) is 0 Å². The molecule has 5 heteroatoms. The quantitative estimate of drug-likeness (QED) is 0.793. The van der Waals surface area contributed by atoms with Crippen molar-refractivity contribution in [1.29, 1.82) is 0 Å². The molecule has 0 spiro atoms. The maximum Gasteiger partial charge on any atom is 0.251 e. The zero-order valence-electron chi connectivity index (χ0n) is 10.9. The second-order valence-electron chi connectivity index (χ2n) is 4.28. The molecule has 3 N–H and O–H groups in total. The number of carbonyl (C=O) groups excluding carboxylic acids is 1. The van der Waals surface area contributed by atoms with E-state index in [1.54, 1.807) is 12.1 Å². The van der Waals surface area contributed by atoms with E-state index >= 15 is 0 Å². The molecular weight excluding hydrogens is 246 g/mol. The van der Waals surface area contributed by atoms with Crippen LogP contribution in [0, 0.1) is 0 Å². The van der Waals surface area contributed by atoms with E-state index in [1.165, 1.54) is 0 Å². The number of anilines is 1. The van der Waals surface area contributed by atoms with E-state index in [1.807, 2.05) is 38.1 Å². The molecule has 0 fully saturated rings. The minimum Gasteiger partial charge on any atom is -0.392 e. The Morgan fingerprint density at radius 2 is 1.94 bits per heavy atom. The van der Waals surface area contributed by atoms with Gasteiger partial charge in [0.2, 0.25) is 0 Å². The van der Waals surface area contributed by atoms with Crippen LogP contribution in [-0.4, -0.2) is 31.0 Å². The first-order chi connectivity index (χ1) is 8.45. The van der Waals surface area contributed by atoms with E-state index in [9.17, 15) is 4.79 Å². The number of carbonyl (C=O) groups is 1. The lowest BCUT2D eigenvalue weighted by molar-refractivity contribution is 0.0946. The number of rotatable bonds is 5. The van der Waals surface area contributed by atoms with E-state index in [4.69, 9.17) is 18.0 Å². The molecule has 0 saturated carbocycles. The van der Waals surface area contributed by atoms with Crippen molar-refractivity contribution in [2.75, 3.05) is 19.0 Å². The summed E-state index contributed by atoms with van der Waals surface area (Å²) in [6, 6.07) is 7.13. The Morgan fingerprint density at radius 3 is 2.33 bits per heavy atom. The van der Waals surface area contributed by atoms with Gasteiger partial charge in [-0.3, -0.25) is 4.79 Å². The molecule has 0 aliphatic heterocycles. The fourth-order valence-corrected chi connectivity index (χ4v) is 1.75. The van der Waals surface area contributed by atoms with Crippen molar-refractivity contribution in [2.24, 2.45) is 5.73 Å². The van der Waals surface area contributed by atoms with Crippen LogP contribution in [0.1, 0.15) is 23.7 Å². The van der Waals surface area contributed by atoms with Crippen molar-refractivity contribution < 1.29 is 4.79 Å². The lowest BCUT2D eigenvalue weighted by Crippen LogP contribution is -2.42. The molecule has 1 atom stereocenters. The molecule has 1 amide bonds. The van der Waals surface area contributed by atoms with Gasteiger partial charge in [-0.25, -0.2) is 0 Å². The minimum absolute atomic E-state index is 0.153. The normalized spacial score (nSPS) is 11.7. The maximum atomic E-state index is 12.0. The summed E-state index contributed by atoms with van der Waals surface area (Å²) in [6.07, 6.45) is 0.691. The zero-order valence-corrected chi connectivity index (χ0v) is 11.8. The Kier molecular flexibility index (Phi) is 5.09. The molecule has 1 aromatic rings. The fourth-order valence-electron chi connectivity index (χ4n) is 1.53. The van der Waals surface area contributed by atoms with Crippen molar-refractivity contribution in [2.45, 2.75) is 19.4 Å². The lowest BCUT2D eigenvalue weighted by atomic mass is 10.1. The summed E-state index contributed by atoms with van der Waals surface area (Å²) in [4.78, 5) is 14.3. The Labute approximate surface area is 113 Å². The molecule has 0 radical (unpaired) electrons. The van der Waals surface area contributed by atoms with E-state index in [0.29, 0.717) is 17.0 Å². The molecule has 0 saturated heterocycles. The van der Waals surface area contributed by atoms with E-state index < -0.39 is 0 Å². The molecule has 0 aromatic heterocycles. The zero-order chi connectivity index (χ0) is 13.7. The van der Waals surface area contributed by atoms with Crippen LogP contribution < -0.4 is 16.0 Å². The van der Waals surface area contributed by atoms with E-state index in [0.717, 1.165) is 5.69 Å². The highest BCUT2D eigenvalue weighted by Crippen LogP contribution is 2.12. The molecule has 0 aliphatic rings. The summed E-state index contributed by atoms with van der Waals surface area (Å²) >= 11 is 4.90. The summed E-state index contributed by atoms with van der Waals surface area (Å²) in [6.45, 7) is 1.93. The molecule has 4 nitrogen and oxygen atoms in total. The Balaban J connectivity index is 2.75. The average molecular weight is 265 g/mol. The van der Waals surface area contributed by atoms with Gasteiger partial charge in [-0.2, -0.15) is 0 Å². The predicted octanol–water partition coefficient (Wildman–Crippen LogP) is 1.55. The van der Waals surface area contributed by atoms with Gasteiger partial charge >= 0.3 is 0 Å². The summed E-state index contributed by atoms with van der Waals surface area (Å²) in [5, 5.41) is 2.81. The number of nitrogens with two attached hydrogens (primary N) is 1. The largest absolute Gasteiger partial charge is 0.392 e. The Morgan fingerprint density at radius 1 is 1.39 bits per heavy atom. The monoisotopic (exact) mass is 265 g/mol. The van der Waals surface area contributed by atoms with Gasteiger partial charge in [0.15, 0.2) is 0 Å². The first-order valence-electron chi connectivity index (χ1n) is 5.83. The van der Waals surface area contributed by atoms with Crippen LogP contribution in [0.2, 0.25) is 0 Å². The minimum atomic E-state index is -0.249. The first-order valence-corrected chi connectivity index (χ1v) is 6.24. The number of hydrogen-bond acceptors (Lipinski definition) is 3. The third kappa shape index (κ3) is 3.70. The Bertz CT molecular complexity index is 428. The molecule has 1 rings (SSSR count). The molecule has 1 unspecified atom stereocenters. The highest BCUT2D eigenvalue weighted by Gasteiger charge is 2.14. The molecule has 1 aromatic carbocycles. The lowest BCUT2D eigenvalue weighted by Gasteiger charge is -2.16. The molecule has 98 valence electrons. The van der Waals surface area contributed by atoms with Crippen molar-refractivity contribution in [1.82, 2.24) is 5.32 Å². The van der Waals surface area contributed by atoms with E-state index in [-0.39, 0.29) is 11.9 Å². The summed E-state index contributed by atoms with van der Waals surface area (Å²) in [5.74, 6) is -0.153. The maximum absolute atomic E-state index is 12.0. The second kappa shape index (κ2) is 6.35. The van der Waals surface area contributed by atoms with Crippen LogP contribution in [0.4, 0.5) is 5.69 Å². The molecule has 0 aliphatic carbocycles. The third-order valence-corrected chi connectivity index (χ3v) is 2.99. The van der Waals surface area contributed by atoms with Gasteiger partial charge in [-0.1, -0.05) is 19.1 Å². The molecule has 0 heterocycles. The van der Waals surface area contributed by atoms with Gasteiger partial charge < -0.3 is 16.0 Å². The van der Waals surface area contributed by atoms with Crippen molar-refractivity contribution >= 4 is 28.8 Å². The van der Waals surface area contributed by atoms with Crippen LogP contribution in [0.3, 0.4) is 0 Å². The standard InChI is InChI=1S/C13H19N3OS/c1-4-11(12(14)18)15-13(17)9-5-7-10(8-6-9)16(2)3/h5-8,11H,4H2,1-3H3,(H2,14,18)(H,15,17). The highest BCUT2D eigenvalue weighted by molar-refractivity contribution is 7.80. The third-order valence-electron chi connectivity index (χ3n) is 2.70. The van der Waals surface area contributed by atoms with Crippen LogP contribution in [0.25, 0.3) is 0 Å². The van der Waals surface area contributed by atoms with Crippen molar-refractivity contribution in [3.63, 3.8) is 0 Å². The number of hydrogen-bond donors (Lipinski definition) is 2. The molecule has 18 heavy (non-hydrogen) atoms. The second-order valence-corrected chi connectivity index (χ2v) is 4.75. The van der Waals surface area contributed by atoms with Crippen LogP contribution in [0.15, 0.2) is 24.3 Å². The summed E-state index contributed by atoms with van der Waals surface area (Å²) in [5.41, 5.74) is 7.20. The van der Waals surface area contributed by atoms with Gasteiger partial charge in [-0.05, 0) is 30.7 Å².